The Labute approximate surface area is 191 Å². The first-order chi connectivity index (χ1) is 14.6. The summed E-state index contributed by atoms with van der Waals surface area (Å²) in [5.74, 6) is -0.856. The van der Waals surface area contributed by atoms with E-state index in [-0.39, 0.29) is 17.9 Å². The van der Waals surface area contributed by atoms with Gasteiger partial charge in [0.25, 0.3) is 5.91 Å². The Balaban J connectivity index is 1.96. The summed E-state index contributed by atoms with van der Waals surface area (Å²) in [6.07, 6.45) is -3.89. The molecule has 1 amide bonds. The molecule has 1 fully saturated rings. The molecule has 0 aliphatic carbocycles. The minimum absolute atomic E-state index is 0.0360. The molecule has 1 saturated heterocycles. The van der Waals surface area contributed by atoms with Crippen LogP contribution in [0.1, 0.15) is 40.2 Å². The molecule has 1 aliphatic rings. The molecule has 2 unspecified atom stereocenters. The maximum absolute atomic E-state index is 13.3. The van der Waals surface area contributed by atoms with Crippen LogP contribution in [0.5, 0.6) is 0 Å². The summed E-state index contributed by atoms with van der Waals surface area (Å²) >= 11 is 13.4. The number of hydrogen-bond acceptors (Lipinski definition) is 4. The second-order valence-electron chi connectivity index (χ2n) is 6.83. The molecular weight excluding hydrogens is 474 g/mol. The smallest absolute Gasteiger partial charge is 0.416 e. The minimum atomic E-state index is -4.51. The van der Waals surface area contributed by atoms with E-state index in [1.165, 1.54) is 16.7 Å². The van der Waals surface area contributed by atoms with Gasteiger partial charge in [-0.3, -0.25) is 4.79 Å². The lowest BCUT2D eigenvalue weighted by Gasteiger charge is -2.29. The van der Waals surface area contributed by atoms with E-state index in [0.29, 0.717) is 22.0 Å². The van der Waals surface area contributed by atoms with Gasteiger partial charge in [-0.1, -0.05) is 36.2 Å². The van der Waals surface area contributed by atoms with Crippen molar-refractivity contribution in [3.8, 4) is 0 Å². The van der Waals surface area contributed by atoms with Gasteiger partial charge in [-0.15, -0.1) is 11.8 Å². The largest absolute Gasteiger partial charge is 0.464 e. The van der Waals surface area contributed by atoms with Crippen LogP contribution in [0.2, 0.25) is 10.0 Å². The molecule has 1 heterocycles. The molecule has 0 bridgehead atoms. The van der Waals surface area contributed by atoms with Crippen LogP contribution in [-0.2, 0) is 15.7 Å². The maximum Gasteiger partial charge on any atom is 0.416 e. The van der Waals surface area contributed by atoms with E-state index in [1.807, 2.05) is 6.92 Å². The van der Waals surface area contributed by atoms with E-state index >= 15 is 0 Å². The molecule has 1 aliphatic heterocycles. The lowest BCUT2D eigenvalue weighted by molar-refractivity contribution is -0.148. The van der Waals surface area contributed by atoms with Crippen LogP contribution in [-0.4, -0.2) is 35.2 Å². The maximum atomic E-state index is 13.3. The molecule has 0 saturated carbocycles. The Bertz CT molecular complexity index is 969. The average molecular weight is 492 g/mol. The van der Waals surface area contributed by atoms with Crippen molar-refractivity contribution >= 4 is 46.8 Å². The molecule has 3 rings (SSSR count). The van der Waals surface area contributed by atoms with Gasteiger partial charge in [0.05, 0.1) is 22.2 Å². The summed E-state index contributed by atoms with van der Waals surface area (Å²) in [5, 5.41) is 0.0513. The number of rotatable bonds is 5. The number of halogens is 5. The minimum Gasteiger partial charge on any atom is -0.464 e. The number of benzene rings is 2. The van der Waals surface area contributed by atoms with E-state index in [1.54, 1.807) is 18.2 Å². The zero-order valence-corrected chi connectivity index (χ0v) is 18.6. The highest BCUT2D eigenvalue weighted by Gasteiger charge is 2.43. The van der Waals surface area contributed by atoms with Crippen LogP contribution in [0.15, 0.2) is 42.5 Å². The zero-order valence-electron chi connectivity index (χ0n) is 16.3. The van der Waals surface area contributed by atoms with Crippen LogP contribution >= 0.6 is 35.0 Å². The first-order valence-electron chi connectivity index (χ1n) is 9.36. The van der Waals surface area contributed by atoms with Gasteiger partial charge in [0.1, 0.15) is 11.4 Å². The van der Waals surface area contributed by atoms with E-state index in [0.717, 1.165) is 24.3 Å². The normalized spacial score (nSPS) is 18.8. The van der Waals surface area contributed by atoms with E-state index in [9.17, 15) is 22.8 Å². The highest BCUT2D eigenvalue weighted by Crippen LogP contribution is 2.44. The number of nitrogens with zero attached hydrogens (tertiary/aromatic N) is 1. The fourth-order valence-corrected chi connectivity index (χ4v) is 4.82. The summed E-state index contributed by atoms with van der Waals surface area (Å²) in [5.41, 5.74) is -0.181. The van der Waals surface area contributed by atoms with Gasteiger partial charge in [0.15, 0.2) is 0 Å². The van der Waals surface area contributed by atoms with E-state index in [2.05, 4.69) is 0 Å². The van der Waals surface area contributed by atoms with Gasteiger partial charge in [-0.2, -0.15) is 13.2 Å². The number of carbonyl (C=O) groups is 2. The number of thioether (sulfide) groups is 1. The molecule has 0 radical (unpaired) electrons. The molecule has 10 heteroatoms. The summed E-state index contributed by atoms with van der Waals surface area (Å²) < 4.78 is 43.9. The summed E-state index contributed by atoms with van der Waals surface area (Å²) in [6, 6.07) is 7.90. The molecule has 0 N–H and O–H groups in total. The van der Waals surface area contributed by atoms with Crippen molar-refractivity contribution in [3.05, 3.63) is 69.2 Å². The molecule has 2 atom stereocenters. The lowest BCUT2D eigenvalue weighted by Crippen LogP contribution is -2.44. The molecule has 2 aromatic carbocycles. The van der Waals surface area contributed by atoms with Crippen molar-refractivity contribution in [2.24, 2.45) is 0 Å². The van der Waals surface area contributed by atoms with Crippen LogP contribution in [0.4, 0.5) is 13.2 Å². The van der Waals surface area contributed by atoms with Crippen LogP contribution in [0.25, 0.3) is 0 Å². The number of esters is 1. The fraction of sp³-hybridized carbons (Fsp3) is 0.333. The van der Waals surface area contributed by atoms with Gasteiger partial charge in [-0.25, -0.2) is 4.79 Å². The zero-order chi connectivity index (χ0) is 22.8. The summed E-state index contributed by atoms with van der Waals surface area (Å²) in [7, 11) is 0. The summed E-state index contributed by atoms with van der Waals surface area (Å²) in [6.45, 7) is 2.06. The number of ether oxygens (including phenoxy) is 1. The van der Waals surface area contributed by atoms with Crippen molar-refractivity contribution in [2.75, 3.05) is 12.4 Å². The Hall–Kier alpha value is -1.90. The molecule has 2 aromatic rings. The topological polar surface area (TPSA) is 46.6 Å². The van der Waals surface area contributed by atoms with Crippen LogP contribution < -0.4 is 0 Å². The highest BCUT2D eigenvalue weighted by molar-refractivity contribution is 7.99. The first kappa shape index (κ1) is 23.8. The van der Waals surface area contributed by atoms with Gasteiger partial charge in [-0.05, 0) is 48.4 Å². The number of hydrogen-bond donors (Lipinski definition) is 0. The van der Waals surface area contributed by atoms with Gasteiger partial charge in [0, 0.05) is 11.3 Å². The van der Waals surface area contributed by atoms with Gasteiger partial charge >= 0.3 is 12.1 Å². The molecule has 31 heavy (non-hydrogen) atoms. The Kier molecular flexibility index (Phi) is 7.44. The number of alkyl halides is 3. The standard InChI is InChI=1S/C21H18Cl2F3NO3S/c1-2-9-30-20(29)17-11-31-19(13-5-8-15(22)16(23)10-13)27(17)18(28)12-3-6-14(7-4-12)21(24,25)26/h3-8,10,17,19H,2,9,11H2,1H3. The van der Waals surface area contributed by atoms with Crippen molar-refractivity contribution in [2.45, 2.75) is 30.9 Å². The third-order valence-electron chi connectivity index (χ3n) is 4.64. The number of carbonyl (C=O) groups excluding carboxylic acids is 2. The van der Waals surface area contributed by atoms with Crippen molar-refractivity contribution in [3.63, 3.8) is 0 Å². The molecule has 4 nitrogen and oxygen atoms in total. The average Bonchev–Trinajstić information content (AvgIpc) is 3.18. The number of amides is 1. The monoisotopic (exact) mass is 491 g/mol. The third kappa shape index (κ3) is 5.30. The lowest BCUT2D eigenvalue weighted by atomic mass is 10.1. The van der Waals surface area contributed by atoms with Crippen molar-refractivity contribution in [1.82, 2.24) is 4.90 Å². The Morgan fingerprint density at radius 3 is 2.39 bits per heavy atom. The van der Waals surface area contributed by atoms with E-state index < -0.39 is 35.0 Å². The van der Waals surface area contributed by atoms with E-state index in [4.69, 9.17) is 27.9 Å². The Morgan fingerprint density at radius 2 is 1.81 bits per heavy atom. The second-order valence-corrected chi connectivity index (χ2v) is 8.76. The Morgan fingerprint density at radius 1 is 1.13 bits per heavy atom. The molecule has 166 valence electrons. The molecular formula is C21H18Cl2F3NO3S. The predicted octanol–water partition coefficient (Wildman–Crippen LogP) is 6.22. The van der Waals surface area contributed by atoms with Gasteiger partial charge < -0.3 is 9.64 Å². The molecule has 0 spiro atoms. The van der Waals surface area contributed by atoms with Crippen molar-refractivity contribution < 1.29 is 27.5 Å². The third-order valence-corrected chi connectivity index (χ3v) is 6.71. The molecule has 0 aromatic heterocycles. The van der Waals surface area contributed by atoms with Crippen LogP contribution in [0, 0.1) is 0 Å². The summed E-state index contributed by atoms with van der Waals surface area (Å²) in [4.78, 5) is 27.2. The predicted molar refractivity (Wildman–Crippen MR) is 114 cm³/mol. The van der Waals surface area contributed by atoms with Crippen molar-refractivity contribution in [1.29, 1.82) is 0 Å². The first-order valence-corrected chi connectivity index (χ1v) is 11.2. The fourth-order valence-electron chi connectivity index (χ4n) is 3.11. The van der Waals surface area contributed by atoms with Gasteiger partial charge in [0.2, 0.25) is 0 Å². The second kappa shape index (κ2) is 9.71. The quantitative estimate of drug-likeness (QED) is 0.465. The SMILES string of the molecule is CCCOC(=O)C1CSC(c2ccc(Cl)c(Cl)c2)N1C(=O)c1ccc(C(F)(F)F)cc1. The highest BCUT2D eigenvalue weighted by atomic mass is 35.5. The van der Waals surface area contributed by atoms with Crippen LogP contribution in [0.3, 0.4) is 0 Å².